The molecular weight excluding hydrogens is 419 g/mol. The third-order valence-corrected chi connectivity index (χ3v) is 8.40. The van der Waals surface area contributed by atoms with Crippen LogP contribution < -0.4 is 10.8 Å². The third kappa shape index (κ3) is 6.22. The van der Waals surface area contributed by atoms with Crippen molar-refractivity contribution < 1.29 is 13.5 Å². The van der Waals surface area contributed by atoms with Crippen LogP contribution in [0.4, 0.5) is 0 Å². The molecular formula is C25H37BN2O3S. The lowest BCUT2D eigenvalue weighted by atomic mass is 9.74. The van der Waals surface area contributed by atoms with E-state index in [1.165, 1.54) is 15.4 Å². The van der Waals surface area contributed by atoms with Crippen molar-refractivity contribution in [3.8, 4) is 0 Å². The largest absolute Gasteiger partial charge is 0.390 e. The molecule has 3 rings (SSSR count). The predicted molar refractivity (Wildman–Crippen MR) is 134 cm³/mol. The van der Waals surface area contributed by atoms with E-state index in [1.54, 1.807) is 18.2 Å². The first-order valence-corrected chi connectivity index (χ1v) is 13.2. The molecule has 0 aliphatic heterocycles. The Morgan fingerprint density at radius 3 is 2.41 bits per heavy atom. The highest BCUT2D eigenvalue weighted by Crippen LogP contribution is 2.31. The summed E-state index contributed by atoms with van der Waals surface area (Å²) < 4.78 is 27.6. The lowest BCUT2D eigenvalue weighted by Crippen LogP contribution is -2.48. The van der Waals surface area contributed by atoms with Gasteiger partial charge >= 0.3 is 0 Å². The third-order valence-electron chi connectivity index (χ3n) is 6.46. The Labute approximate surface area is 194 Å². The number of aliphatic hydroxyl groups is 1. The van der Waals surface area contributed by atoms with Crippen LogP contribution in [-0.4, -0.2) is 56.4 Å². The number of rotatable bonds is 11. The molecule has 7 heteroatoms. The second-order valence-electron chi connectivity index (χ2n) is 9.62. The monoisotopic (exact) mass is 456 g/mol. The molecule has 0 saturated carbocycles. The first-order chi connectivity index (χ1) is 15.1. The van der Waals surface area contributed by atoms with E-state index in [1.807, 2.05) is 19.8 Å². The molecule has 174 valence electrons. The summed E-state index contributed by atoms with van der Waals surface area (Å²) in [5.41, 5.74) is 3.74. The van der Waals surface area contributed by atoms with E-state index in [4.69, 9.17) is 0 Å². The van der Waals surface area contributed by atoms with Gasteiger partial charge in [-0.1, -0.05) is 55.6 Å². The van der Waals surface area contributed by atoms with E-state index in [0.29, 0.717) is 23.9 Å². The maximum atomic E-state index is 13.1. The number of aliphatic hydroxyl groups excluding tert-OH is 1. The van der Waals surface area contributed by atoms with Crippen molar-refractivity contribution in [2.24, 2.45) is 5.92 Å². The van der Waals surface area contributed by atoms with Gasteiger partial charge in [-0.25, -0.2) is 8.42 Å². The van der Waals surface area contributed by atoms with Crippen LogP contribution in [0, 0.1) is 5.92 Å². The second-order valence-corrected chi connectivity index (χ2v) is 11.6. The Morgan fingerprint density at radius 2 is 1.81 bits per heavy atom. The topological polar surface area (TPSA) is 69.6 Å². The Kier molecular flexibility index (Phi) is 8.20. The number of likely N-dealkylation sites (N-methyl/N-ethyl adjacent to an activating group) is 1. The van der Waals surface area contributed by atoms with Crippen molar-refractivity contribution in [3.05, 3.63) is 59.7 Å². The minimum atomic E-state index is -3.64. The van der Waals surface area contributed by atoms with E-state index >= 15 is 0 Å². The molecule has 0 amide bonds. The summed E-state index contributed by atoms with van der Waals surface area (Å²) in [7, 11) is -2.86. The molecule has 0 radical (unpaired) electrons. The summed E-state index contributed by atoms with van der Waals surface area (Å²) in [5.74, 6) is 0.588. The summed E-state index contributed by atoms with van der Waals surface area (Å²) in [4.78, 5) is 0.292. The lowest BCUT2D eigenvalue weighted by Gasteiger charge is -2.31. The van der Waals surface area contributed by atoms with Gasteiger partial charge in [0.15, 0.2) is 7.28 Å². The molecule has 0 heterocycles. The molecule has 1 aliphatic rings. The van der Waals surface area contributed by atoms with Gasteiger partial charge in [0.1, 0.15) is 0 Å². The zero-order valence-corrected chi connectivity index (χ0v) is 20.7. The van der Waals surface area contributed by atoms with Gasteiger partial charge < -0.3 is 10.4 Å². The molecule has 1 aliphatic carbocycles. The first kappa shape index (κ1) is 25.0. The van der Waals surface area contributed by atoms with Crippen LogP contribution >= 0.6 is 0 Å². The summed E-state index contributed by atoms with van der Waals surface area (Å²) in [6, 6.07) is 15.7. The fraction of sp³-hybridized carbons (Fsp3) is 0.520. The second kappa shape index (κ2) is 10.5. The number of hydrogen-bond acceptors (Lipinski definition) is 4. The van der Waals surface area contributed by atoms with Gasteiger partial charge in [0.25, 0.3) is 0 Å². The number of benzene rings is 2. The van der Waals surface area contributed by atoms with E-state index < -0.39 is 16.1 Å². The molecule has 5 nitrogen and oxygen atoms in total. The van der Waals surface area contributed by atoms with Gasteiger partial charge in [0.05, 0.1) is 11.0 Å². The Balaban J connectivity index is 1.55. The molecule has 0 spiro atoms. The highest BCUT2D eigenvalue weighted by atomic mass is 32.2. The van der Waals surface area contributed by atoms with E-state index in [2.05, 4.69) is 43.4 Å². The maximum Gasteiger partial charge on any atom is 0.243 e. The number of sulfonamides is 1. The van der Waals surface area contributed by atoms with Crippen LogP contribution in [0.25, 0.3) is 0 Å². The van der Waals surface area contributed by atoms with Gasteiger partial charge in [-0.3, -0.25) is 0 Å². The van der Waals surface area contributed by atoms with E-state index in [0.717, 1.165) is 32.0 Å². The maximum absolute atomic E-state index is 13.1. The smallest absolute Gasteiger partial charge is 0.243 e. The first-order valence-electron chi connectivity index (χ1n) is 11.7. The number of β-amino-alcohol motifs (C(OH)–C–C–N with tert-alkyl or cyclic N) is 1. The Bertz CT molecular complexity index is 985. The van der Waals surface area contributed by atoms with Gasteiger partial charge in [0.2, 0.25) is 10.0 Å². The Morgan fingerprint density at radius 1 is 1.16 bits per heavy atom. The summed E-state index contributed by atoms with van der Waals surface area (Å²) in [5, 5.41) is 14.1. The predicted octanol–water partition coefficient (Wildman–Crippen LogP) is 2.34. The fourth-order valence-electron chi connectivity index (χ4n) is 4.75. The molecule has 0 saturated heterocycles. The number of hydrogen-bond donors (Lipinski definition) is 2. The Hall–Kier alpha value is -1.67. The van der Waals surface area contributed by atoms with Gasteiger partial charge in [0, 0.05) is 25.2 Å². The van der Waals surface area contributed by atoms with Crippen LogP contribution in [0.5, 0.6) is 0 Å². The zero-order valence-electron chi connectivity index (χ0n) is 19.8. The van der Waals surface area contributed by atoms with Crippen molar-refractivity contribution in [2.45, 2.75) is 63.4 Å². The molecule has 0 unspecified atom stereocenters. The molecule has 2 aromatic carbocycles. The molecule has 2 aromatic rings. The molecule has 0 fully saturated rings. The standard InChI is InChI=1S/C25H37BN2O3S/c1-5-28(32(30,31)24-12-8-11-22(15-24)26-4)18-23(29)17-27-25(2,3)16-19-13-20-9-6-7-10-21(20)14-19/h6-12,15,19,23,26-27,29H,5,13-14,16-18H2,1-4H3/t23-/m1/s1. The van der Waals surface area contributed by atoms with Crippen LogP contribution in [0.1, 0.15) is 38.3 Å². The summed E-state index contributed by atoms with van der Waals surface area (Å²) in [6.45, 7) is 8.88. The quantitative estimate of drug-likeness (QED) is 0.510. The fourth-order valence-corrected chi connectivity index (χ4v) is 6.31. The number of fused-ring (bicyclic) bond motifs is 1. The van der Waals surface area contributed by atoms with Crippen molar-refractivity contribution in [3.63, 3.8) is 0 Å². The van der Waals surface area contributed by atoms with Crippen LogP contribution in [0.2, 0.25) is 6.82 Å². The minimum absolute atomic E-state index is 0.0765. The van der Waals surface area contributed by atoms with Crippen molar-refractivity contribution >= 4 is 22.8 Å². The number of nitrogens with zero attached hydrogens (tertiary/aromatic N) is 1. The highest BCUT2D eigenvalue weighted by Gasteiger charge is 2.30. The van der Waals surface area contributed by atoms with E-state index in [-0.39, 0.29) is 12.1 Å². The van der Waals surface area contributed by atoms with Gasteiger partial charge in [-0.2, -0.15) is 4.31 Å². The molecule has 2 N–H and O–H groups in total. The zero-order chi connectivity index (χ0) is 23.4. The normalized spacial score (nSPS) is 15.7. The molecule has 0 aromatic heterocycles. The summed E-state index contributed by atoms with van der Waals surface area (Å²) >= 11 is 0. The van der Waals surface area contributed by atoms with Crippen LogP contribution in [0.3, 0.4) is 0 Å². The highest BCUT2D eigenvalue weighted by molar-refractivity contribution is 7.89. The summed E-state index contributed by atoms with van der Waals surface area (Å²) in [6.07, 6.45) is 2.43. The van der Waals surface area contributed by atoms with Crippen LogP contribution in [-0.2, 0) is 22.9 Å². The average molecular weight is 456 g/mol. The molecule has 32 heavy (non-hydrogen) atoms. The average Bonchev–Trinajstić information content (AvgIpc) is 3.17. The number of nitrogens with one attached hydrogen (secondary N) is 1. The van der Waals surface area contributed by atoms with Crippen molar-refractivity contribution in [1.29, 1.82) is 0 Å². The minimum Gasteiger partial charge on any atom is -0.390 e. The van der Waals surface area contributed by atoms with Crippen molar-refractivity contribution in [1.82, 2.24) is 9.62 Å². The van der Waals surface area contributed by atoms with Crippen molar-refractivity contribution in [2.75, 3.05) is 19.6 Å². The van der Waals surface area contributed by atoms with Gasteiger partial charge in [-0.15, -0.1) is 0 Å². The molecule has 0 bridgehead atoms. The SMILES string of the molecule is CBc1cccc(S(=O)(=O)N(CC)C[C@H](O)CNC(C)(C)CC2Cc3ccccc3C2)c1. The molecule has 1 atom stereocenters. The van der Waals surface area contributed by atoms with Crippen LogP contribution in [0.15, 0.2) is 53.4 Å². The van der Waals surface area contributed by atoms with E-state index in [9.17, 15) is 13.5 Å². The lowest BCUT2D eigenvalue weighted by molar-refractivity contribution is 0.131. The van der Waals surface area contributed by atoms with Gasteiger partial charge in [-0.05, 0) is 62.3 Å².